The Morgan fingerprint density at radius 3 is 3.16 bits per heavy atom. The molecule has 1 amide bonds. The third-order valence-electron chi connectivity index (χ3n) is 3.24. The third-order valence-corrected chi connectivity index (χ3v) is 3.24. The number of benzene rings is 1. The molecule has 1 aromatic rings. The first-order valence-corrected chi connectivity index (χ1v) is 6.48. The lowest BCUT2D eigenvalue weighted by atomic mass is 9.94. The number of nitrogens with one attached hydrogen (secondary N) is 2. The summed E-state index contributed by atoms with van der Waals surface area (Å²) >= 11 is 0. The Morgan fingerprint density at radius 2 is 2.37 bits per heavy atom. The van der Waals surface area contributed by atoms with Crippen molar-refractivity contribution in [3.63, 3.8) is 0 Å². The fourth-order valence-electron chi connectivity index (χ4n) is 2.31. The van der Waals surface area contributed by atoms with E-state index in [9.17, 15) is 9.90 Å². The molecule has 0 radical (unpaired) electrons. The van der Waals surface area contributed by atoms with Crippen LogP contribution in [0.3, 0.4) is 0 Å². The third kappa shape index (κ3) is 3.53. The lowest BCUT2D eigenvalue weighted by Gasteiger charge is -2.26. The van der Waals surface area contributed by atoms with Crippen molar-refractivity contribution < 1.29 is 14.6 Å². The Balaban J connectivity index is 1.97. The van der Waals surface area contributed by atoms with Crippen molar-refractivity contribution in [1.29, 1.82) is 0 Å². The van der Waals surface area contributed by atoms with E-state index in [-0.39, 0.29) is 25.1 Å². The molecule has 0 fully saturated rings. The highest BCUT2D eigenvalue weighted by Gasteiger charge is 2.25. The number of fused-ring (bicyclic) bond motifs is 1. The molecule has 0 saturated heterocycles. The molecule has 19 heavy (non-hydrogen) atoms. The molecule has 104 valence electrons. The van der Waals surface area contributed by atoms with E-state index in [4.69, 9.17) is 4.74 Å². The van der Waals surface area contributed by atoms with Gasteiger partial charge < -0.3 is 20.5 Å². The van der Waals surface area contributed by atoms with E-state index in [1.807, 2.05) is 18.2 Å². The Hall–Kier alpha value is -1.43. The summed E-state index contributed by atoms with van der Waals surface area (Å²) in [5, 5.41) is 15.5. The van der Waals surface area contributed by atoms with Gasteiger partial charge in [0.2, 0.25) is 5.91 Å². The number of methoxy groups -OCH3 is 1. The standard InChI is InChI=1S/C14H20N2O3/c1-19-9-11(17)8-16-14(18)13-12-5-3-2-4-10(12)6-7-15-13/h2-5,11,13,15,17H,6-9H2,1H3,(H,16,18). The summed E-state index contributed by atoms with van der Waals surface area (Å²) in [6, 6.07) is 7.61. The summed E-state index contributed by atoms with van der Waals surface area (Å²) in [6.45, 7) is 1.21. The molecule has 2 rings (SSSR count). The second-order valence-electron chi connectivity index (χ2n) is 4.69. The second-order valence-corrected chi connectivity index (χ2v) is 4.69. The van der Waals surface area contributed by atoms with Gasteiger partial charge in [0.1, 0.15) is 6.04 Å². The maximum atomic E-state index is 12.1. The molecule has 2 unspecified atom stereocenters. The van der Waals surface area contributed by atoms with Crippen LogP contribution in [0.5, 0.6) is 0 Å². The average Bonchev–Trinajstić information content (AvgIpc) is 2.44. The Morgan fingerprint density at radius 1 is 1.58 bits per heavy atom. The van der Waals surface area contributed by atoms with Gasteiger partial charge in [0.15, 0.2) is 0 Å². The molecule has 1 heterocycles. The number of hydrogen-bond acceptors (Lipinski definition) is 4. The second kappa shape index (κ2) is 6.65. The molecule has 1 aliphatic heterocycles. The van der Waals surface area contributed by atoms with Crippen LogP contribution in [0.2, 0.25) is 0 Å². The van der Waals surface area contributed by atoms with Crippen molar-refractivity contribution in [3.8, 4) is 0 Å². The number of amides is 1. The fourth-order valence-corrected chi connectivity index (χ4v) is 2.31. The monoisotopic (exact) mass is 264 g/mol. The fraction of sp³-hybridized carbons (Fsp3) is 0.500. The first-order chi connectivity index (χ1) is 9.22. The van der Waals surface area contributed by atoms with Crippen LogP contribution < -0.4 is 10.6 Å². The Labute approximate surface area is 113 Å². The van der Waals surface area contributed by atoms with Crippen molar-refractivity contribution in [1.82, 2.24) is 10.6 Å². The van der Waals surface area contributed by atoms with Gasteiger partial charge in [-0.2, -0.15) is 0 Å². The van der Waals surface area contributed by atoms with E-state index < -0.39 is 6.10 Å². The zero-order valence-electron chi connectivity index (χ0n) is 11.1. The number of rotatable bonds is 5. The minimum Gasteiger partial charge on any atom is -0.389 e. The van der Waals surface area contributed by atoms with Crippen LogP contribution in [0.1, 0.15) is 17.2 Å². The van der Waals surface area contributed by atoms with Gasteiger partial charge in [-0.25, -0.2) is 0 Å². The zero-order valence-corrected chi connectivity index (χ0v) is 11.1. The van der Waals surface area contributed by atoms with E-state index in [0.717, 1.165) is 18.5 Å². The van der Waals surface area contributed by atoms with E-state index >= 15 is 0 Å². The van der Waals surface area contributed by atoms with Gasteiger partial charge in [-0.3, -0.25) is 4.79 Å². The molecule has 0 saturated carbocycles. The van der Waals surface area contributed by atoms with Crippen molar-refractivity contribution >= 4 is 5.91 Å². The molecule has 5 heteroatoms. The van der Waals surface area contributed by atoms with E-state index in [1.54, 1.807) is 0 Å². The zero-order chi connectivity index (χ0) is 13.7. The molecule has 0 aliphatic carbocycles. The van der Waals surface area contributed by atoms with Gasteiger partial charge in [0.05, 0.1) is 12.7 Å². The van der Waals surface area contributed by atoms with Crippen LogP contribution in [0.25, 0.3) is 0 Å². The summed E-state index contributed by atoms with van der Waals surface area (Å²) in [5.41, 5.74) is 2.23. The van der Waals surface area contributed by atoms with Gasteiger partial charge in [0, 0.05) is 20.2 Å². The van der Waals surface area contributed by atoms with Crippen molar-refractivity contribution in [3.05, 3.63) is 35.4 Å². The van der Waals surface area contributed by atoms with Crippen LogP contribution in [0.4, 0.5) is 0 Å². The predicted molar refractivity (Wildman–Crippen MR) is 71.8 cm³/mol. The normalized spacial score (nSPS) is 19.6. The van der Waals surface area contributed by atoms with Crippen molar-refractivity contribution in [2.75, 3.05) is 26.8 Å². The van der Waals surface area contributed by atoms with Crippen LogP contribution in [0.15, 0.2) is 24.3 Å². The molecule has 0 aromatic heterocycles. The van der Waals surface area contributed by atoms with Crippen LogP contribution >= 0.6 is 0 Å². The molecular formula is C14H20N2O3. The lowest BCUT2D eigenvalue weighted by Crippen LogP contribution is -2.44. The van der Waals surface area contributed by atoms with Crippen molar-refractivity contribution in [2.45, 2.75) is 18.6 Å². The van der Waals surface area contributed by atoms with Crippen LogP contribution in [-0.4, -0.2) is 43.9 Å². The Kier molecular flexibility index (Phi) is 4.90. The van der Waals surface area contributed by atoms with Gasteiger partial charge >= 0.3 is 0 Å². The molecule has 0 bridgehead atoms. The van der Waals surface area contributed by atoms with Gasteiger partial charge in [-0.15, -0.1) is 0 Å². The molecule has 5 nitrogen and oxygen atoms in total. The summed E-state index contributed by atoms with van der Waals surface area (Å²) in [6.07, 6.45) is 0.263. The van der Waals surface area contributed by atoms with Gasteiger partial charge in [-0.05, 0) is 17.5 Å². The Bertz CT molecular complexity index is 436. The smallest absolute Gasteiger partial charge is 0.241 e. The molecule has 1 aromatic carbocycles. The number of carbonyl (C=O) groups is 1. The quantitative estimate of drug-likeness (QED) is 0.700. The minimum absolute atomic E-state index is 0.109. The molecule has 1 aliphatic rings. The summed E-state index contributed by atoms with van der Waals surface area (Å²) < 4.78 is 4.82. The first-order valence-electron chi connectivity index (χ1n) is 6.48. The number of hydrogen-bond donors (Lipinski definition) is 3. The summed E-state index contributed by atoms with van der Waals surface area (Å²) in [7, 11) is 1.52. The van der Waals surface area contributed by atoms with Crippen molar-refractivity contribution in [2.24, 2.45) is 0 Å². The highest BCUT2D eigenvalue weighted by atomic mass is 16.5. The molecule has 3 N–H and O–H groups in total. The van der Waals surface area contributed by atoms with Crippen LogP contribution in [-0.2, 0) is 16.0 Å². The number of aliphatic hydroxyl groups excluding tert-OH is 1. The number of aliphatic hydroxyl groups is 1. The highest BCUT2D eigenvalue weighted by molar-refractivity contribution is 5.83. The number of carbonyl (C=O) groups excluding carboxylic acids is 1. The SMILES string of the molecule is COCC(O)CNC(=O)C1NCCc2ccccc21. The highest BCUT2D eigenvalue weighted by Crippen LogP contribution is 2.22. The lowest BCUT2D eigenvalue weighted by molar-refractivity contribution is -0.124. The molecule has 0 spiro atoms. The van der Waals surface area contributed by atoms with E-state index in [2.05, 4.69) is 16.7 Å². The summed E-state index contributed by atoms with van der Waals surface area (Å²) in [4.78, 5) is 12.1. The topological polar surface area (TPSA) is 70.6 Å². The van der Waals surface area contributed by atoms with E-state index in [0.29, 0.717) is 0 Å². The number of ether oxygens (including phenoxy) is 1. The van der Waals surface area contributed by atoms with Gasteiger partial charge in [-0.1, -0.05) is 24.3 Å². The molecule has 2 atom stereocenters. The largest absolute Gasteiger partial charge is 0.389 e. The maximum Gasteiger partial charge on any atom is 0.241 e. The van der Waals surface area contributed by atoms with E-state index in [1.165, 1.54) is 12.7 Å². The summed E-state index contributed by atoms with van der Waals surface area (Å²) in [5.74, 6) is -0.109. The minimum atomic E-state index is -0.673. The van der Waals surface area contributed by atoms with Crippen LogP contribution in [0, 0.1) is 0 Å². The molecular weight excluding hydrogens is 244 g/mol. The average molecular weight is 264 g/mol. The maximum absolute atomic E-state index is 12.1. The first kappa shape index (κ1) is 14.0. The predicted octanol–water partition coefficient (Wildman–Crippen LogP) is -0.00310. The van der Waals surface area contributed by atoms with Gasteiger partial charge in [0.25, 0.3) is 0 Å².